The van der Waals surface area contributed by atoms with E-state index < -0.39 is 0 Å². The van der Waals surface area contributed by atoms with Crippen LogP contribution in [0.25, 0.3) is 22.2 Å². The third-order valence-corrected chi connectivity index (χ3v) is 4.36. The summed E-state index contributed by atoms with van der Waals surface area (Å²) < 4.78 is 10.7. The molecule has 0 radical (unpaired) electrons. The Hall–Kier alpha value is -2.86. The van der Waals surface area contributed by atoms with Crippen molar-refractivity contribution in [3.05, 3.63) is 42.5 Å². The minimum Gasteiger partial charge on any atom is -0.479 e. The Bertz CT molecular complexity index is 893. The molecule has 1 aromatic carbocycles. The summed E-state index contributed by atoms with van der Waals surface area (Å²) in [6.07, 6.45) is 0. The molecule has 1 saturated heterocycles. The van der Waals surface area contributed by atoms with Crippen molar-refractivity contribution in [3.8, 4) is 17.0 Å². The van der Waals surface area contributed by atoms with Crippen LogP contribution >= 0.6 is 0 Å². The van der Waals surface area contributed by atoms with Crippen LogP contribution in [0.3, 0.4) is 0 Å². The quantitative estimate of drug-likeness (QED) is 0.793. The number of pyridine rings is 2. The van der Waals surface area contributed by atoms with Crippen molar-refractivity contribution in [2.75, 3.05) is 44.0 Å². The summed E-state index contributed by atoms with van der Waals surface area (Å²) in [5, 5.41) is 0.897. The van der Waals surface area contributed by atoms with Crippen LogP contribution < -0.4 is 15.4 Å². The largest absolute Gasteiger partial charge is 0.479 e. The van der Waals surface area contributed by atoms with E-state index in [0.29, 0.717) is 30.4 Å². The van der Waals surface area contributed by atoms with Gasteiger partial charge in [-0.2, -0.15) is 4.98 Å². The van der Waals surface area contributed by atoms with Crippen molar-refractivity contribution in [1.82, 2.24) is 9.97 Å². The van der Waals surface area contributed by atoms with Gasteiger partial charge in [0.25, 0.3) is 0 Å². The number of hydrogen-bond donors (Lipinski definition) is 1. The number of nitrogens with zero attached hydrogens (tertiary/aromatic N) is 3. The second kappa shape index (κ2) is 6.57. The molecule has 6 nitrogen and oxygen atoms in total. The molecule has 0 aliphatic carbocycles. The van der Waals surface area contributed by atoms with Gasteiger partial charge < -0.3 is 20.1 Å². The fraction of sp³-hybridized carbons (Fsp3) is 0.263. The first kappa shape index (κ1) is 15.7. The van der Waals surface area contributed by atoms with Gasteiger partial charge in [0.2, 0.25) is 5.88 Å². The van der Waals surface area contributed by atoms with Gasteiger partial charge in [-0.3, -0.25) is 0 Å². The summed E-state index contributed by atoms with van der Waals surface area (Å²) in [7, 11) is 1.56. The molecule has 3 aromatic rings. The van der Waals surface area contributed by atoms with Crippen LogP contribution in [0.15, 0.2) is 42.5 Å². The van der Waals surface area contributed by atoms with Crippen LogP contribution in [-0.4, -0.2) is 43.4 Å². The highest BCUT2D eigenvalue weighted by molar-refractivity contribution is 5.90. The molecular formula is C19H20N4O2. The highest BCUT2D eigenvalue weighted by Crippen LogP contribution is 2.34. The number of nitrogen functional groups attached to an aromatic ring is 1. The zero-order chi connectivity index (χ0) is 17.2. The van der Waals surface area contributed by atoms with Gasteiger partial charge in [0.15, 0.2) is 5.65 Å². The summed E-state index contributed by atoms with van der Waals surface area (Å²) >= 11 is 0. The molecule has 2 aromatic heterocycles. The van der Waals surface area contributed by atoms with Crippen LogP contribution in [0, 0.1) is 0 Å². The van der Waals surface area contributed by atoms with Crippen LogP contribution in [0.1, 0.15) is 0 Å². The van der Waals surface area contributed by atoms with Gasteiger partial charge in [-0.25, -0.2) is 4.98 Å². The lowest BCUT2D eigenvalue weighted by Gasteiger charge is -2.29. The summed E-state index contributed by atoms with van der Waals surface area (Å²) in [6.45, 7) is 3.02. The molecule has 0 unspecified atom stereocenters. The van der Waals surface area contributed by atoms with Crippen molar-refractivity contribution in [2.24, 2.45) is 0 Å². The van der Waals surface area contributed by atoms with Crippen molar-refractivity contribution in [3.63, 3.8) is 0 Å². The second-order valence-electron chi connectivity index (χ2n) is 5.96. The lowest BCUT2D eigenvalue weighted by molar-refractivity contribution is 0.122. The van der Waals surface area contributed by atoms with Crippen LogP contribution in [0.5, 0.6) is 5.88 Å². The Labute approximate surface area is 146 Å². The minimum atomic E-state index is 0.403. The van der Waals surface area contributed by atoms with Crippen LogP contribution in [0.2, 0.25) is 0 Å². The number of hydrogen-bond acceptors (Lipinski definition) is 6. The van der Waals surface area contributed by atoms with Crippen molar-refractivity contribution >= 4 is 22.5 Å². The van der Waals surface area contributed by atoms with Crippen molar-refractivity contribution < 1.29 is 9.47 Å². The van der Waals surface area contributed by atoms with E-state index in [1.807, 2.05) is 24.3 Å². The predicted molar refractivity (Wildman–Crippen MR) is 99.0 cm³/mol. The standard InChI is InChI=1S/C19H20N4O2/c1-24-19-16(20)12-14-11-15(13-5-3-2-4-6-13)18(21-17(14)22-19)23-7-9-25-10-8-23/h2-6,11-12H,7-10,20H2,1H3. The lowest BCUT2D eigenvalue weighted by atomic mass is 10.0. The average Bonchev–Trinajstić information content (AvgIpc) is 2.68. The van der Waals surface area contributed by atoms with E-state index in [-0.39, 0.29) is 0 Å². The van der Waals surface area contributed by atoms with Gasteiger partial charge in [0.1, 0.15) is 5.82 Å². The van der Waals surface area contributed by atoms with Gasteiger partial charge in [0, 0.05) is 24.0 Å². The highest BCUT2D eigenvalue weighted by atomic mass is 16.5. The molecular weight excluding hydrogens is 316 g/mol. The van der Waals surface area contributed by atoms with E-state index in [2.05, 4.69) is 28.1 Å². The van der Waals surface area contributed by atoms with Gasteiger partial charge in [-0.15, -0.1) is 0 Å². The Morgan fingerprint density at radius 2 is 1.84 bits per heavy atom. The number of methoxy groups -OCH3 is 1. The summed E-state index contributed by atoms with van der Waals surface area (Å²) in [5.74, 6) is 1.32. The molecule has 0 spiro atoms. The number of rotatable bonds is 3. The van der Waals surface area contributed by atoms with E-state index in [9.17, 15) is 0 Å². The van der Waals surface area contributed by atoms with E-state index in [0.717, 1.165) is 35.4 Å². The Morgan fingerprint density at radius 1 is 1.08 bits per heavy atom. The normalized spacial score (nSPS) is 14.7. The molecule has 1 aliphatic heterocycles. The minimum absolute atomic E-state index is 0.403. The fourth-order valence-electron chi connectivity index (χ4n) is 3.11. The Kier molecular flexibility index (Phi) is 4.11. The maximum Gasteiger partial charge on any atom is 0.238 e. The number of ether oxygens (including phenoxy) is 2. The Morgan fingerprint density at radius 3 is 2.56 bits per heavy atom. The van der Waals surface area contributed by atoms with E-state index >= 15 is 0 Å². The molecule has 1 aliphatic rings. The van der Waals surface area contributed by atoms with Crippen LogP contribution in [0.4, 0.5) is 11.5 Å². The maximum absolute atomic E-state index is 6.02. The molecule has 3 heterocycles. The molecule has 6 heteroatoms. The number of nitrogens with two attached hydrogens (primary N) is 1. The number of aromatic nitrogens is 2. The molecule has 0 saturated carbocycles. The van der Waals surface area contributed by atoms with Crippen LogP contribution in [-0.2, 0) is 4.74 Å². The zero-order valence-corrected chi connectivity index (χ0v) is 14.1. The molecule has 4 rings (SSSR count). The van der Waals surface area contributed by atoms with Gasteiger partial charge in [-0.1, -0.05) is 30.3 Å². The summed E-state index contributed by atoms with van der Waals surface area (Å²) in [6, 6.07) is 14.2. The lowest BCUT2D eigenvalue weighted by Crippen LogP contribution is -2.37. The summed E-state index contributed by atoms with van der Waals surface area (Å²) in [5.41, 5.74) is 9.35. The molecule has 2 N–H and O–H groups in total. The highest BCUT2D eigenvalue weighted by Gasteiger charge is 2.19. The number of fused-ring (bicyclic) bond motifs is 1. The summed E-state index contributed by atoms with van der Waals surface area (Å²) in [4.78, 5) is 11.6. The topological polar surface area (TPSA) is 73.5 Å². The number of morpholine rings is 1. The third kappa shape index (κ3) is 2.96. The third-order valence-electron chi connectivity index (χ3n) is 4.36. The SMILES string of the molecule is COc1nc2nc(N3CCOCC3)c(-c3ccccc3)cc2cc1N. The molecule has 0 atom stereocenters. The maximum atomic E-state index is 6.02. The number of benzene rings is 1. The van der Waals surface area contributed by atoms with Gasteiger partial charge in [-0.05, 0) is 17.7 Å². The first-order valence-corrected chi connectivity index (χ1v) is 8.29. The van der Waals surface area contributed by atoms with Crippen molar-refractivity contribution in [1.29, 1.82) is 0 Å². The Balaban J connectivity index is 1.93. The second-order valence-corrected chi connectivity index (χ2v) is 5.96. The van der Waals surface area contributed by atoms with E-state index in [1.54, 1.807) is 7.11 Å². The first-order valence-electron chi connectivity index (χ1n) is 8.29. The number of anilines is 2. The fourth-order valence-corrected chi connectivity index (χ4v) is 3.11. The van der Waals surface area contributed by atoms with Gasteiger partial charge >= 0.3 is 0 Å². The molecule has 25 heavy (non-hydrogen) atoms. The van der Waals surface area contributed by atoms with Gasteiger partial charge in [0.05, 0.1) is 26.0 Å². The molecule has 0 bridgehead atoms. The zero-order valence-electron chi connectivity index (χ0n) is 14.1. The average molecular weight is 336 g/mol. The van der Waals surface area contributed by atoms with E-state index in [4.69, 9.17) is 20.2 Å². The predicted octanol–water partition coefficient (Wildman–Crippen LogP) is 2.72. The molecule has 128 valence electrons. The monoisotopic (exact) mass is 336 g/mol. The smallest absolute Gasteiger partial charge is 0.238 e. The van der Waals surface area contributed by atoms with Crippen molar-refractivity contribution in [2.45, 2.75) is 0 Å². The first-order chi connectivity index (χ1) is 12.3. The molecule has 1 fully saturated rings. The van der Waals surface area contributed by atoms with E-state index in [1.165, 1.54) is 0 Å². The molecule has 0 amide bonds.